The molecule has 1 rings (SSSR count). The SMILES string of the molecule is C#CC(NC(=O)C1CCCC(C(F)(F)F)C1)C(C)C. The number of alkyl halides is 3. The number of halogens is 3. The zero-order chi connectivity index (χ0) is 14.6. The predicted octanol–water partition coefficient (Wildman–Crippen LogP) is 3.13. The first-order chi connectivity index (χ1) is 8.75. The standard InChI is InChI=1S/C14H20F3NO/c1-4-12(9(2)3)18-13(19)10-6-5-7-11(8-10)14(15,16)17/h1,9-12H,5-8H2,2-3H3,(H,18,19). The van der Waals surface area contributed by atoms with Gasteiger partial charge in [-0.2, -0.15) is 13.2 Å². The number of rotatable bonds is 3. The van der Waals surface area contributed by atoms with Crippen LogP contribution in [0.2, 0.25) is 0 Å². The van der Waals surface area contributed by atoms with Crippen molar-refractivity contribution in [3.8, 4) is 12.3 Å². The van der Waals surface area contributed by atoms with Crippen LogP contribution in [0.15, 0.2) is 0 Å². The number of hydrogen-bond acceptors (Lipinski definition) is 1. The third-order valence-electron chi connectivity index (χ3n) is 3.65. The fourth-order valence-corrected chi connectivity index (χ4v) is 2.40. The van der Waals surface area contributed by atoms with E-state index < -0.39 is 24.1 Å². The van der Waals surface area contributed by atoms with Gasteiger partial charge in [-0.05, 0) is 25.2 Å². The molecule has 0 aromatic heterocycles. The molecule has 1 aliphatic carbocycles. The van der Waals surface area contributed by atoms with Crippen LogP contribution in [0.4, 0.5) is 13.2 Å². The highest BCUT2D eigenvalue weighted by atomic mass is 19.4. The van der Waals surface area contributed by atoms with Crippen LogP contribution < -0.4 is 5.32 Å². The van der Waals surface area contributed by atoms with E-state index in [-0.39, 0.29) is 24.7 Å². The molecule has 19 heavy (non-hydrogen) atoms. The van der Waals surface area contributed by atoms with Crippen molar-refractivity contribution in [1.82, 2.24) is 5.32 Å². The van der Waals surface area contributed by atoms with Crippen LogP contribution in [-0.4, -0.2) is 18.1 Å². The zero-order valence-electron chi connectivity index (χ0n) is 11.3. The highest BCUT2D eigenvalue weighted by Crippen LogP contribution is 2.39. The summed E-state index contributed by atoms with van der Waals surface area (Å²) in [5.74, 6) is 0.248. The van der Waals surface area contributed by atoms with Crippen LogP contribution >= 0.6 is 0 Å². The lowest BCUT2D eigenvalue weighted by molar-refractivity contribution is -0.186. The van der Waals surface area contributed by atoms with Crippen molar-refractivity contribution in [3.63, 3.8) is 0 Å². The summed E-state index contributed by atoms with van der Waals surface area (Å²) >= 11 is 0. The second-order valence-electron chi connectivity index (χ2n) is 5.50. The number of nitrogens with one attached hydrogen (secondary N) is 1. The van der Waals surface area contributed by atoms with Crippen LogP contribution in [-0.2, 0) is 4.79 Å². The van der Waals surface area contributed by atoms with E-state index in [0.717, 1.165) is 0 Å². The third-order valence-corrected chi connectivity index (χ3v) is 3.65. The van der Waals surface area contributed by atoms with Crippen molar-refractivity contribution in [3.05, 3.63) is 0 Å². The summed E-state index contributed by atoms with van der Waals surface area (Å²) in [7, 11) is 0. The Hall–Kier alpha value is -1.18. The fourth-order valence-electron chi connectivity index (χ4n) is 2.40. The molecule has 2 nitrogen and oxygen atoms in total. The molecule has 108 valence electrons. The highest BCUT2D eigenvalue weighted by molar-refractivity contribution is 5.79. The van der Waals surface area contributed by atoms with Gasteiger partial charge in [-0.3, -0.25) is 4.79 Å². The first-order valence-electron chi connectivity index (χ1n) is 6.59. The zero-order valence-corrected chi connectivity index (χ0v) is 11.3. The summed E-state index contributed by atoms with van der Waals surface area (Å²) in [4.78, 5) is 12.0. The van der Waals surface area contributed by atoms with Gasteiger partial charge in [-0.1, -0.05) is 26.2 Å². The molecule has 0 aromatic carbocycles. The van der Waals surface area contributed by atoms with Crippen molar-refractivity contribution < 1.29 is 18.0 Å². The Balaban J connectivity index is 2.60. The molecule has 3 unspecified atom stereocenters. The van der Waals surface area contributed by atoms with E-state index in [1.54, 1.807) is 0 Å². The Kier molecular flexibility index (Phi) is 5.28. The molecule has 1 fully saturated rings. The predicted molar refractivity (Wildman–Crippen MR) is 67.1 cm³/mol. The van der Waals surface area contributed by atoms with Gasteiger partial charge in [0.15, 0.2) is 0 Å². The molecule has 1 aliphatic rings. The molecule has 0 aliphatic heterocycles. The van der Waals surface area contributed by atoms with Gasteiger partial charge in [0.2, 0.25) is 5.91 Å². The van der Waals surface area contributed by atoms with Crippen LogP contribution in [0, 0.1) is 30.1 Å². The van der Waals surface area contributed by atoms with Crippen LogP contribution in [0.1, 0.15) is 39.5 Å². The Labute approximate surface area is 112 Å². The normalized spacial score (nSPS) is 25.7. The van der Waals surface area contributed by atoms with Crippen molar-refractivity contribution in [2.75, 3.05) is 0 Å². The van der Waals surface area contributed by atoms with Gasteiger partial charge in [0.1, 0.15) is 0 Å². The van der Waals surface area contributed by atoms with Crippen molar-refractivity contribution >= 4 is 5.91 Å². The quantitative estimate of drug-likeness (QED) is 0.788. The maximum atomic E-state index is 12.7. The Morgan fingerprint density at radius 1 is 1.37 bits per heavy atom. The maximum absolute atomic E-state index is 12.7. The van der Waals surface area contributed by atoms with Crippen molar-refractivity contribution in [2.24, 2.45) is 17.8 Å². The van der Waals surface area contributed by atoms with Crippen LogP contribution in [0.25, 0.3) is 0 Å². The average Bonchev–Trinajstić information content (AvgIpc) is 2.34. The minimum Gasteiger partial charge on any atom is -0.342 e. The minimum absolute atomic E-state index is 0.0657. The summed E-state index contributed by atoms with van der Waals surface area (Å²) < 4.78 is 38.0. The number of hydrogen-bond donors (Lipinski definition) is 1. The lowest BCUT2D eigenvalue weighted by atomic mass is 9.80. The first kappa shape index (κ1) is 15.9. The monoisotopic (exact) mass is 275 g/mol. The molecular formula is C14H20F3NO. The molecule has 3 atom stereocenters. The summed E-state index contributed by atoms with van der Waals surface area (Å²) in [6.07, 6.45) is 2.04. The van der Waals surface area contributed by atoms with Crippen LogP contribution in [0.3, 0.4) is 0 Å². The van der Waals surface area contributed by atoms with E-state index in [1.807, 2.05) is 13.8 Å². The van der Waals surface area contributed by atoms with E-state index in [4.69, 9.17) is 6.42 Å². The molecule has 0 bridgehead atoms. The fraction of sp³-hybridized carbons (Fsp3) is 0.786. The Morgan fingerprint density at radius 2 is 2.00 bits per heavy atom. The number of amides is 1. The Morgan fingerprint density at radius 3 is 2.47 bits per heavy atom. The molecule has 0 heterocycles. The lowest BCUT2D eigenvalue weighted by Crippen LogP contribution is -2.43. The summed E-state index contributed by atoms with van der Waals surface area (Å²) in [6, 6.07) is -0.418. The van der Waals surface area contributed by atoms with Crippen molar-refractivity contribution in [2.45, 2.75) is 51.7 Å². The number of carbonyl (C=O) groups excluding carboxylic acids is 1. The van der Waals surface area contributed by atoms with Gasteiger partial charge in [0.05, 0.1) is 12.0 Å². The number of carbonyl (C=O) groups is 1. The summed E-state index contributed by atoms with van der Waals surface area (Å²) in [5.41, 5.74) is 0. The smallest absolute Gasteiger partial charge is 0.342 e. The van der Waals surface area contributed by atoms with Gasteiger partial charge >= 0.3 is 6.18 Å². The summed E-state index contributed by atoms with van der Waals surface area (Å²) in [5, 5.41) is 2.67. The molecule has 0 aromatic rings. The van der Waals surface area contributed by atoms with Crippen molar-refractivity contribution in [1.29, 1.82) is 0 Å². The second kappa shape index (κ2) is 6.31. The van der Waals surface area contributed by atoms with E-state index in [0.29, 0.717) is 12.8 Å². The van der Waals surface area contributed by atoms with E-state index >= 15 is 0 Å². The molecular weight excluding hydrogens is 255 g/mol. The van der Waals surface area contributed by atoms with E-state index in [9.17, 15) is 18.0 Å². The van der Waals surface area contributed by atoms with Gasteiger partial charge in [-0.25, -0.2) is 0 Å². The van der Waals surface area contributed by atoms with Crippen LogP contribution in [0.5, 0.6) is 0 Å². The Bertz CT molecular complexity index is 357. The largest absolute Gasteiger partial charge is 0.391 e. The minimum atomic E-state index is -4.21. The van der Waals surface area contributed by atoms with E-state index in [2.05, 4.69) is 11.2 Å². The third kappa shape index (κ3) is 4.45. The molecule has 1 saturated carbocycles. The molecule has 0 radical (unpaired) electrons. The molecule has 5 heteroatoms. The van der Waals surface area contributed by atoms with Gasteiger partial charge in [0.25, 0.3) is 0 Å². The average molecular weight is 275 g/mol. The van der Waals surface area contributed by atoms with Gasteiger partial charge in [-0.15, -0.1) is 6.42 Å². The highest BCUT2D eigenvalue weighted by Gasteiger charge is 2.43. The van der Waals surface area contributed by atoms with Gasteiger partial charge in [0, 0.05) is 5.92 Å². The molecule has 0 saturated heterocycles. The molecule has 0 spiro atoms. The first-order valence-corrected chi connectivity index (χ1v) is 6.59. The molecule has 1 amide bonds. The topological polar surface area (TPSA) is 29.1 Å². The molecule has 1 N–H and O–H groups in total. The number of terminal acetylenes is 1. The maximum Gasteiger partial charge on any atom is 0.391 e. The van der Waals surface area contributed by atoms with E-state index in [1.165, 1.54) is 0 Å². The second-order valence-corrected chi connectivity index (χ2v) is 5.50. The summed E-state index contributed by atoms with van der Waals surface area (Å²) in [6.45, 7) is 3.73. The van der Waals surface area contributed by atoms with Gasteiger partial charge < -0.3 is 5.32 Å². The lowest BCUT2D eigenvalue weighted by Gasteiger charge is -2.30.